The van der Waals surface area contributed by atoms with E-state index in [1.807, 2.05) is 0 Å². The highest BCUT2D eigenvalue weighted by Crippen LogP contribution is 2.34. The van der Waals surface area contributed by atoms with Crippen LogP contribution < -0.4 is 4.89 Å². The molecule has 1 saturated heterocycles. The monoisotopic (exact) mass is 314 g/mol. The van der Waals surface area contributed by atoms with E-state index in [0.29, 0.717) is 12.8 Å². The first-order valence-electron chi connectivity index (χ1n) is 6.24. The zero-order valence-electron chi connectivity index (χ0n) is 10.6. The first-order chi connectivity index (χ1) is 9.21. The molecule has 116 valence electrons. The number of rotatable bonds is 6. The number of carbonyl (C=O) groups is 1. The molecule has 7 nitrogen and oxygen atoms in total. The smallest absolute Gasteiger partial charge is 0.335 e. The van der Waals surface area contributed by atoms with Crippen molar-refractivity contribution in [3.8, 4) is 0 Å². The quantitative estimate of drug-likeness (QED) is 0.690. The average molecular weight is 314 g/mol. The number of hydrogen-bond donors (Lipinski definition) is 2. The predicted molar refractivity (Wildman–Crippen MR) is 63.0 cm³/mol. The zero-order chi connectivity index (χ0) is 15.0. The molecule has 0 aromatic rings. The van der Waals surface area contributed by atoms with E-state index in [2.05, 4.69) is 0 Å². The first-order valence-corrected chi connectivity index (χ1v) is 7.68. The van der Waals surface area contributed by atoms with Crippen molar-refractivity contribution in [2.24, 2.45) is 5.92 Å². The summed E-state index contributed by atoms with van der Waals surface area (Å²) in [6.07, 6.45) is -1.03. The van der Waals surface area contributed by atoms with Crippen LogP contribution in [-0.2, 0) is 19.8 Å². The Kier molecular flexibility index (Phi) is 4.28. The Morgan fingerprint density at radius 1 is 1.35 bits per heavy atom. The summed E-state index contributed by atoms with van der Waals surface area (Å²) in [5, 5.41) is 8.89. The lowest BCUT2D eigenvalue weighted by molar-refractivity contribution is -0.154. The molecule has 0 aromatic carbocycles. The number of halogens is 2. The van der Waals surface area contributed by atoms with Crippen molar-refractivity contribution in [2.45, 2.75) is 37.7 Å². The molecule has 1 aliphatic heterocycles. The molecule has 0 radical (unpaired) electrons. The molecule has 0 spiro atoms. The van der Waals surface area contributed by atoms with E-state index >= 15 is 0 Å². The van der Waals surface area contributed by atoms with Gasteiger partial charge in [0.25, 0.3) is 5.92 Å². The molecule has 0 aromatic heterocycles. The van der Waals surface area contributed by atoms with Gasteiger partial charge in [0, 0.05) is 25.9 Å². The predicted octanol–water partition coefficient (Wildman–Crippen LogP) is 0.347. The van der Waals surface area contributed by atoms with Gasteiger partial charge in [-0.25, -0.2) is 13.6 Å². The summed E-state index contributed by atoms with van der Waals surface area (Å²) in [6.45, 7) is -0.653. The molecule has 2 rings (SSSR count). The highest BCUT2D eigenvalue weighted by molar-refractivity contribution is 7.87. The molecule has 1 aliphatic carbocycles. The summed E-state index contributed by atoms with van der Waals surface area (Å²) in [6, 6.07) is 0. The minimum Gasteiger partial charge on any atom is -0.479 e. The Bertz CT molecular complexity index is 470. The number of alkyl halides is 2. The highest BCUT2D eigenvalue weighted by Gasteiger charge is 2.41. The van der Waals surface area contributed by atoms with Crippen LogP contribution in [0.5, 0.6) is 0 Å². The van der Waals surface area contributed by atoms with E-state index in [0.717, 1.165) is 4.31 Å². The maximum Gasteiger partial charge on any atom is 0.335 e. The Balaban J connectivity index is 1.89. The molecule has 2 N–H and O–H groups in total. The van der Waals surface area contributed by atoms with Crippen LogP contribution in [0.3, 0.4) is 0 Å². The van der Waals surface area contributed by atoms with Crippen LogP contribution in [0.1, 0.15) is 25.7 Å². The van der Waals surface area contributed by atoms with Gasteiger partial charge >= 0.3 is 16.2 Å². The van der Waals surface area contributed by atoms with Crippen molar-refractivity contribution in [1.29, 1.82) is 0 Å². The number of carboxylic acid groups (broad SMARTS) is 1. The van der Waals surface area contributed by atoms with Crippen LogP contribution in [0.15, 0.2) is 0 Å². The van der Waals surface area contributed by atoms with Crippen molar-refractivity contribution in [1.82, 2.24) is 9.19 Å². The molecule has 10 heteroatoms. The Morgan fingerprint density at radius 2 is 1.90 bits per heavy atom. The molecular formula is C10H16F2N2O5S. The summed E-state index contributed by atoms with van der Waals surface area (Å²) in [5.41, 5.74) is 0. The van der Waals surface area contributed by atoms with E-state index in [-0.39, 0.29) is 19.0 Å². The van der Waals surface area contributed by atoms with Gasteiger partial charge in [0.05, 0.1) is 0 Å². The topological polar surface area (TPSA) is 95.9 Å². The third kappa shape index (κ3) is 3.84. The van der Waals surface area contributed by atoms with Crippen LogP contribution in [0.25, 0.3) is 0 Å². The fourth-order valence-electron chi connectivity index (χ4n) is 1.97. The summed E-state index contributed by atoms with van der Waals surface area (Å²) in [5.74, 6) is -4.31. The summed E-state index contributed by atoms with van der Waals surface area (Å²) >= 11 is 0. The van der Waals surface area contributed by atoms with Gasteiger partial charge in [-0.05, 0) is 18.8 Å². The summed E-state index contributed by atoms with van der Waals surface area (Å²) in [4.78, 5) is 17.3. The third-order valence-electron chi connectivity index (χ3n) is 3.37. The Labute approximate surface area is 115 Å². The standard InChI is InChI=1S/C10H16F2N2O5S/c11-10(12)3-5-14(6-4-10)20(17,18)13-19-8(9(15)16)7-1-2-7/h7-8,13H,1-6H2,(H,15,16). The lowest BCUT2D eigenvalue weighted by Crippen LogP contribution is -2.49. The number of nitrogens with one attached hydrogen (secondary N) is 1. The van der Waals surface area contributed by atoms with Crippen molar-refractivity contribution in [2.75, 3.05) is 13.1 Å². The largest absolute Gasteiger partial charge is 0.479 e. The molecule has 2 fully saturated rings. The molecule has 0 bridgehead atoms. The molecule has 0 amide bonds. The first kappa shape index (κ1) is 15.5. The molecule has 2 aliphatic rings. The molecule has 1 saturated carbocycles. The van der Waals surface area contributed by atoms with Crippen molar-refractivity contribution >= 4 is 16.2 Å². The minimum absolute atomic E-state index is 0.208. The van der Waals surface area contributed by atoms with Gasteiger partial charge in [-0.3, -0.25) is 4.84 Å². The van der Waals surface area contributed by atoms with Gasteiger partial charge < -0.3 is 5.11 Å². The Morgan fingerprint density at radius 3 is 2.35 bits per heavy atom. The minimum atomic E-state index is -4.10. The van der Waals surface area contributed by atoms with Crippen LogP contribution in [0, 0.1) is 5.92 Å². The van der Waals surface area contributed by atoms with Crippen LogP contribution >= 0.6 is 0 Å². The highest BCUT2D eigenvalue weighted by atomic mass is 32.2. The number of hydrogen-bond acceptors (Lipinski definition) is 4. The number of piperidine rings is 1. The summed E-state index contributed by atoms with van der Waals surface area (Å²) in [7, 11) is -4.10. The zero-order valence-corrected chi connectivity index (χ0v) is 11.4. The SMILES string of the molecule is O=C(O)C(ONS(=O)(=O)N1CCC(F)(F)CC1)C1CC1. The van der Waals surface area contributed by atoms with Crippen molar-refractivity contribution in [3.63, 3.8) is 0 Å². The van der Waals surface area contributed by atoms with Crippen LogP contribution in [-0.4, -0.2) is 48.9 Å². The van der Waals surface area contributed by atoms with Gasteiger partial charge in [-0.1, -0.05) is 4.89 Å². The molecule has 1 unspecified atom stereocenters. The lowest BCUT2D eigenvalue weighted by atomic mass is 10.1. The van der Waals surface area contributed by atoms with Gasteiger partial charge in [0.15, 0.2) is 6.10 Å². The number of aliphatic carboxylic acids is 1. The molecular weight excluding hydrogens is 298 g/mol. The van der Waals surface area contributed by atoms with Crippen molar-refractivity contribution in [3.05, 3.63) is 0 Å². The van der Waals surface area contributed by atoms with Gasteiger partial charge in [0.1, 0.15) is 0 Å². The van der Waals surface area contributed by atoms with Crippen LogP contribution in [0.4, 0.5) is 8.78 Å². The second-order valence-electron chi connectivity index (χ2n) is 5.06. The molecule has 20 heavy (non-hydrogen) atoms. The van der Waals surface area contributed by atoms with E-state index < -0.39 is 41.0 Å². The normalized spacial score (nSPS) is 25.3. The second-order valence-corrected chi connectivity index (χ2v) is 6.69. The fraction of sp³-hybridized carbons (Fsp3) is 0.900. The van der Waals surface area contributed by atoms with E-state index in [9.17, 15) is 22.0 Å². The average Bonchev–Trinajstić information content (AvgIpc) is 3.12. The number of carboxylic acids is 1. The van der Waals surface area contributed by atoms with Crippen LogP contribution in [0.2, 0.25) is 0 Å². The maximum atomic E-state index is 12.9. The lowest BCUT2D eigenvalue weighted by Gasteiger charge is -2.30. The fourth-order valence-corrected chi connectivity index (χ4v) is 2.96. The van der Waals surface area contributed by atoms with Gasteiger partial charge in [0.2, 0.25) is 0 Å². The third-order valence-corrected chi connectivity index (χ3v) is 4.72. The number of nitrogens with zero attached hydrogens (tertiary/aromatic N) is 1. The molecule has 1 heterocycles. The molecule has 1 atom stereocenters. The van der Waals surface area contributed by atoms with Gasteiger partial charge in [-0.15, -0.1) is 0 Å². The van der Waals surface area contributed by atoms with E-state index in [4.69, 9.17) is 9.94 Å². The second kappa shape index (κ2) is 5.51. The van der Waals surface area contributed by atoms with E-state index in [1.54, 1.807) is 4.89 Å². The van der Waals surface area contributed by atoms with E-state index in [1.165, 1.54) is 0 Å². The Hall–Kier alpha value is -0.840. The van der Waals surface area contributed by atoms with Crippen molar-refractivity contribution < 1.29 is 31.9 Å². The van der Waals surface area contributed by atoms with Gasteiger partial charge in [-0.2, -0.15) is 12.7 Å². The summed E-state index contributed by atoms with van der Waals surface area (Å²) < 4.78 is 50.4. The maximum absolute atomic E-state index is 12.9.